The van der Waals surface area contributed by atoms with Crippen LogP contribution < -0.4 is 15.4 Å². The van der Waals surface area contributed by atoms with E-state index in [1.165, 1.54) is 23.0 Å². The first-order chi connectivity index (χ1) is 24.1. The molecule has 2 N–H and O–H groups in total. The Labute approximate surface area is 290 Å². The average Bonchev–Trinajstić information content (AvgIpc) is 3.60. The molecule has 1 aliphatic carbocycles. The number of aromatic nitrogens is 1. The van der Waals surface area contributed by atoms with Crippen molar-refractivity contribution in [3.8, 4) is 5.75 Å². The van der Waals surface area contributed by atoms with Crippen molar-refractivity contribution in [1.29, 1.82) is 0 Å². The third-order valence-electron chi connectivity index (χ3n) is 9.42. The Balaban J connectivity index is 1.30. The molecule has 50 heavy (non-hydrogen) atoms. The Hall–Kier alpha value is -4.95. The number of methoxy groups -OCH3 is 1. The molecule has 0 bridgehead atoms. The molecule has 0 radical (unpaired) electrons. The van der Waals surface area contributed by atoms with E-state index in [9.17, 15) is 28.8 Å². The van der Waals surface area contributed by atoms with Crippen molar-refractivity contribution in [2.24, 2.45) is 0 Å². The molecule has 2 saturated heterocycles. The Morgan fingerprint density at radius 2 is 1.70 bits per heavy atom. The molecule has 2 aromatic rings. The summed E-state index contributed by atoms with van der Waals surface area (Å²) in [5.41, 5.74) is 1.29. The summed E-state index contributed by atoms with van der Waals surface area (Å²) in [6.07, 6.45) is 3.70. The van der Waals surface area contributed by atoms with E-state index in [1.54, 1.807) is 24.0 Å². The minimum atomic E-state index is -1.09. The van der Waals surface area contributed by atoms with Gasteiger partial charge in [-0.1, -0.05) is 6.07 Å². The number of ether oxygens (including phenoxy) is 3. The van der Waals surface area contributed by atoms with Gasteiger partial charge in [-0.3, -0.25) is 24.0 Å². The zero-order chi connectivity index (χ0) is 35.8. The number of pyridine rings is 1. The second-order valence-corrected chi connectivity index (χ2v) is 12.8. The molecule has 3 fully saturated rings. The van der Waals surface area contributed by atoms with E-state index >= 15 is 0 Å². The van der Waals surface area contributed by atoms with Gasteiger partial charge in [-0.2, -0.15) is 0 Å². The number of likely N-dealkylation sites (tertiary alicyclic amines) is 1. The van der Waals surface area contributed by atoms with Gasteiger partial charge >= 0.3 is 12.1 Å². The van der Waals surface area contributed by atoms with Crippen LogP contribution in [0.25, 0.3) is 10.9 Å². The van der Waals surface area contributed by atoms with Crippen LogP contribution >= 0.6 is 0 Å². The molecule has 1 saturated carbocycles. The lowest BCUT2D eigenvalue weighted by Gasteiger charge is -2.36. The number of piperazine rings is 1. The van der Waals surface area contributed by atoms with Crippen molar-refractivity contribution in [1.82, 2.24) is 30.3 Å². The molecule has 15 heteroatoms. The van der Waals surface area contributed by atoms with E-state index in [-0.39, 0.29) is 81.5 Å². The zero-order valence-electron chi connectivity index (χ0n) is 28.9. The third-order valence-corrected chi connectivity index (χ3v) is 9.42. The minimum absolute atomic E-state index is 0.0226. The lowest BCUT2D eigenvalue weighted by atomic mass is 9.93. The Morgan fingerprint density at radius 3 is 2.38 bits per heavy atom. The summed E-state index contributed by atoms with van der Waals surface area (Å²) in [7, 11) is 1.24. The smallest absolute Gasteiger partial charge is 0.409 e. The summed E-state index contributed by atoms with van der Waals surface area (Å²) >= 11 is 0. The van der Waals surface area contributed by atoms with Gasteiger partial charge in [0.15, 0.2) is 6.61 Å². The van der Waals surface area contributed by atoms with E-state index < -0.39 is 36.0 Å². The fourth-order valence-electron chi connectivity index (χ4n) is 6.35. The number of hydrogen-bond acceptors (Lipinski definition) is 10. The van der Waals surface area contributed by atoms with Gasteiger partial charge < -0.3 is 39.5 Å². The standard InChI is InChI=1S/C35H46N6O9/c1-4-49-35(47)40-17-15-39(16-18-40)34(46)25(12-13-31(43)48-3)38-32(44)27-20-29(24-11-10-22(2)19-26(24)37-27)50-21-30(42)41-14-6-9-28(41)33(45)36-23-7-5-8-23/h10-11,19-20,23,25,28H,4-9,12-18,21H2,1-3H3,(H,36,45)(H,38,44). The highest BCUT2D eigenvalue weighted by molar-refractivity contribution is 5.99. The molecule has 5 rings (SSSR count). The third kappa shape index (κ3) is 8.79. The van der Waals surface area contributed by atoms with Gasteiger partial charge in [-0.15, -0.1) is 0 Å². The van der Waals surface area contributed by atoms with E-state index in [0.717, 1.165) is 24.8 Å². The maximum atomic E-state index is 13.7. The minimum Gasteiger partial charge on any atom is -0.483 e. The fourth-order valence-corrected chi connectivity index (χ4v) is 6.35. The molecule has 1 aromatic heterocycles. The summed E-state index contributed by atoms with van der Waals surface area (Å²) in [4.78, 5) is 86.9. The Morgan fingerprint density at radius 1 is 0.960 bits per heavy atom. The summed E-state index contributed by atoms with van der Waals surface area (Å²) in [5, 5.41) is 6.36. The predicted octanol–water partition coefficient (Wildman–Crippen LogP) is 1.93. The molecule has 0 spiro atoms. The summed E-state index contributed by atoms with van der Waals surface area (Å²) in [6.45, 7) is 4.91. The first-order valence-corrected chi connectivity index (χ1v) is 17.3. The molecule has 1 aromatic carbocycles. The first kappa shape index (κ1) is 36.3. The van der Waals surface area contributed by atoms with E-state index in [2.05, 4.69) is 15.6 Å². The number of esters is 1. The molecular formula is C35H46N6O9. The van der Waals surface area contributed by atoms with Crippen LogP contribution in [0.5, 0.6) is 5.75 Å². The lowest BCUT2D eigenvalue weighted by Crippen LogP contribution is -2.56. The topological polar surface area (TPSA) is 177 Å². The van der Waals surface area contributed by atoms with Crippen LogP contribution in [0, 0.1) is 6.92 Å². The van der Waals surface area contributed by atoms with Gasteiger partial charge in [0.2, 0.25) is 11.8 Å². The number of hydrogen-bond donors (Lipinski definition) is 2. The van der Waals surface area contributed by atoms with Gasteiger partial charge in [0, 0.05) is 56.6 Å². The molecular weight excluding hydrogens is 648 g/mol. The van der Waals surface area contributed by atoms with Crippen LogP contribution in [0.2, 0.25) is 0 Å². The summed E-state index contributed by atoms with van der Waals surface area (Å²) in [5.74, 6) is -1.85. The SMILES string of the molecule is CCOC(=O)N1CCN(C(=O)C(CCC(=O)OC)NC(=O)c2cc(OCC(=O)N3CCCC3C(=O)NC3CCC3)c3ccc(C)cc3n2)CC1. The Bertz CT molecular complexity index is 1600. The largest absolute Gasteiger partial charge is 0.483 e. The number of nitrogens with zero attached hydrogens (tertiary/aromatic N) is 4. The van der Waals surface area contributed by atoms with Gasteiger partial charge in [0.25, 0.3) is 11.8 Å². The van der Waals surface area contributed by atoms with Crippen molar-refractivity contribution >= 4 is 46.6 Å². The van der Waals surface area contributed by atoms with Crippen LogP contribution in [0.3, 0.4) is 0 Å². The molecule has 3 aliphatic rings. The normalized spacial score (nSPS) is 18.2. The highest BCUT2D eigenvalue weighted by Gasteiger charge is 2.36. The number of rotatable bonds is 12. The van der Waals surface area contributed by atoms with Gasteiger partial charge in [0.1, 0.15) is 23.5 Å². The van der Waals surface area contributed by atoms with Crippen LogP contribution in [0.15, 0.2) is 24.3 Å². The highest BCUT2D eigenvalue weighted by atomic mass is 16.6. The van der Waals surface area contributed by atoms with Crippen molar-refractivity contribution < 1.29 is 43.0 Å². The number of benzene rings is 1. The number of carbonyl (C=O) groups is 6. The number of nitrogens with one attached hydrogen (secondary N) is 2. The number of carbonyl (C=O) groups excluding carboxylic acids is 6. The van der Waals surface area contributed by atoms with E-state index in [4.69, 9.17) is 14.2 Å². The van der Waals surface area contributed by atoms with Crippen molar-refractivity contribution in [2.45, 2.75) is 76.9 Å². The molecule has 5 amide bonds. The quantitative estimate of drug-likeness (QED) is 0.312. The number of fused-ring (bicyclic) bond motifs is 1. The van der Waals surface area contributed by atoms with Crippen LogP contribution in [0.4, 0.5) is 4.79 Å². The van der Waals surface area contributed by atoms with Crippen molar-refractivity contribution in [2.75, 3.05) is 53.0 Å². The highest BCUT2D eigenvalue weighted by Crippen LogP contribution is 2.28. The number of aryl methyl sites for hydroxylation is 1. The first-order valence-electron chi connectivity index (χ1n) is 17.3. The van der Waals surface area contributed by atoms with Gasteiger partial charge in [0.05, 0.1) is 19.2 Å². The van der Waals surface area contributed by atoms with Gasteiger partial charge in [-0.25, -0.2) is 9.78 Å². The molecule has 2 aliphatic heterocycles. The summed E-state index contributed by atoms with van der Waals surface area (Å²) in [6, 6.07) is 5.40. The fraction of sp³-hybridized carbons (Fsp3) is 0.571. The molecule has 2 unspecified atom stereocenters. The average molecular weight is 695 g/mol. The molecule has 15 nitrogen and oxygen atoms in total. The number of amides is 5. The maximum Gasteiger partial charge on any atom is 0.409 e. The lowest BCUT2D eigenvalue weighted by molar-refractivity contribution is -0.141. The second-order valence-electron chi connectivity index (χ2n) is 12.8. The Kier molecular flexibility index (Phi) is 12.1. The van der Waals surface area contributed by atoms with Crippen LogP contribution in [0.1, 0.15) is 67.9 Å². The second kappa shape index (κ2) is 16.6. The monoisotopic (exact) mass is 694 g/mol. The molecule has 270 valence electrons. The molecule has 3 heterocycles. The summed E-state index contributed by atoms with van der Waals surface area (Å²) < 4.78 is 15.9. The van der Waals surface area contributed by atoms with Crippen molar-refractivity contribution in [3.05, 3.63) is 35.5 Å². The van der Waals surface area contributed by atoms with Crippen LogP contribution in [-0.2, 0) is 28.7 Å². The van der Waals surface area contributed by atoms with Crippen LogP contribution in [-0.4, -0.2) is 127 Å². The van der Waals surface area contributed by atoms with E-state index in [0.29, 0.717) is 30.3 Å². The predicted molar refractivity (Wildman–Crippen MR) is 180 cm³/mol. The van der Waals surface area contributed by atoms with Gasteiger partial charge in [-0.05, 0) is 70.1 Å². The maximum absolute atomic E-state index is 13.7. The van der Waals surface area contributed by atoms with Crippen molar-refractivity contribution in [3.63, 3.8) is 0 Å². The molecule has 2 atom stereocenters. The zero-order valence-corrected chi connectivity index (χ0v) is 28.9. The van der Waals surface area contributed by atoms with E-state index in [1.807, 2.05) is 13.0 Å².